The molecule has 2 aromatic rings. The average molecular weight is 359 g/mol. The Labute approximate surface area is 153 Å². The third-order valence-corrected chi connectivity index (χ3v) is 4.81. The fourth-order valence-electron chi connectivity index (χ4n) is 3.24. The van der Waals surface area contributed by atoms with E-state index in [1.807, 2.05) is 48.5 Å². The molecular formula is C20H23ClN2O2. The molecule has 3 rings (SSSR count). The maximum Gasteiger partial charge on any atom is 0.228 e. The van der Waals surface area contributed by atoms with E-state index in [4.69, 9.17) is 16.3 Å². The first-order valence-corrected chi connectivity index (χ1v) is 8.94. The maximum atomic E-state index is 12.7. The van der Waals surface area contributed by atoms with Crippen LogP contribution in [-0.2, 0) is 11.3 Å². The number of hydrogen-bond donors (Lipinski definition) is 1. The number of likely N-dealkylation sites (tertiary alicyclic amines) is 1. The van der Waals surface area contributed by atoms with Crippen LogP contribution in [0.4, 0.5) is 5.69 Å². The Bertz CT molecular complexity index is 718. The molecule has 132 valence electrons. The summed E-state index contributed by atoms with van der Waals surface area (Å²) in [7, 11) is 1.61. The van der Waals surface area contributed by atoms with Gasteiger partial charge in [-0.1, -0.05) is 35.9 Å². The minimum atomic E-state index is -0.00837. The van der Waals surface area contributed by atoms with Gasteiger partial charge in [0.1, 0.15) is 5.75 Å². The molecule has 2 aromatic carbocycles. The summed E-state index contributed by atoms with van der Waals surface area (Å²) in [5.74, 6) is 0.737. The molecule has 1 aliphatic heterocycles. The van der Waals surface area contributed by atoms with E-state index < -0.39 is 0 Å². The number of nitrogens with one attached hydrogen (secondary N) is 1. The Balaban J connectivity index is 1.60. The number of hydrogen-bond acceptors (Lipinski definition) is 3. The predicted octanol–water partition coefficient (Wildman–Crippen LogP) is 4.20. The highest BCUT2D eigenvalue weighted by atomic mass is 35.5. The van der Waals surface area contributed by atoms with Crippen LogP contribution >= 0.6 is 11.6 Å². The maximum absolute atomic E-state index is 12.7. The highest BCUT2D eigenvalue weighted by Gasteiger charge is 2.26. The van der Waals surface area contributed by atoms with Gasteiger partial charge in [0.2, 0.25) is 5.91 Å². The lowest BCUT2D eigenvalue weighted by atomic mass is 9.96. The number of anilines is 1. The molecule has 1 heterocycles. The van der Waals surface area contributed by atoms with Crippen molar-refractivity contribution in [2.75, 3.05) is 25.5 Å². The van der Waals surface area contributed by atoms with E-state index in [1.54, 1.807) is 7.11 Å². The molecule has 0 aliphatic carbocycles. The number of amides is 1. The van der Waals surface area contributed by atoms with E-state index in [-0.39, 0.29) is 11.8 Å². The summed E-state index contributed by atoms with van der Waals surface area (Å²) in [6, 6.07) is 15.4. The van der Waals surface area contributed by atoms with Crippen LogP contribution in [0.5, 0.6) is 5.75 Å². The van der Waals surface area contributed by atoms with Crippen LogP contribution in [0.15, 0.2) is 48.5 Å². The number of rotatable bonds is 5. The van der Waals surface area contributed by atoms with Crippen molar-refractivity contribution in [1.29, 1.82) is 0 Å². The lowest BCUT2D eigenvalue weighted by Crippen LogP contribution is -2.40. The average Bonchev–Trinajstić information content (AvgIpc) is 2.64. The number of carbonyl (C=O) groups excluding carboxylic acids is 1. The van der Waals surface area contributed by atoms with Crippen molar-refractivity contribution < 1.29 is 9.53 Å². The molecule has 25 heavy (non-hydrogen) atoms. The van der Waals surface area contributed by atoms with Gasteiger partial charge >= 0.3 is 0 Å². The molecular weight excluding hydrogens is 336 g/mol. The van der Waals surface area contributed by atoms with Crippen LogP contribution in [-0.4, -0.2) is 31.0 Å². The van der Waals surface area contributed by atoms with Crippen molar-refractivity contribution >= 4 is 23.2 Å². The summed E-state index contributed by atoms with van der Waals surface area (Å²) in [5, 5.41) is 3.76. The summed E-state index contributed by atoms with van der Waals surface area (Å²) in [5.41, 5.74) is 1.94. The Morgan fingerprint density at radius 3 is 2.76 bits per heavy atom. The van der Waals surface area contributed by atoms with Gasteiger partial charge in [-0.3, -0.25) is 9.69 Å². The molecule has 4 nitrogen and oxygen atoms in total. The number of nitrogens with zero attached hydrogens (tertiary/aromatic N) is 1. The number of halogens is 1. The Kier molecular flexibility index (Phi) is 5.95. The van der Waals surface area contributed by atoms with Gasteiger partial charge in [-0.2, -0.15) is 0 Å². The number of carbonyl (C=O) groups is 1. The number of methoxy groups -OCH3 is 1. The summed E-state index contributed by atoms with van der Waals surface area (Å²) in [6.07, 6.45) is 1.94. The zero-order chi connectivity index (χ0) is 17.6. The zero-order valence-corrected chi connectivity index (χ0v) is 15.1. The number of para-hydroxylation sites is 2. The molecule has 1 saturated heterocycles. The zero-order valence-electron chi connectivity index (χ0n) is 14.4. The SMILES string of the molecule is COc1ccccc1NC(=O)[C@@H]1CCCN(Cc2ccc(Cl)cc2)C1. The van der Waals surface area contributed by atoms with Gasteiger partial charge in [0, 0.05) is 18.1 Å². The van der Waals surface area contributed by atoms with Crippen molar-refractivity contribution in [3.8, 4) is 5.75 Å². The second-order valence-electron chi connectivity index (χ2n) is 6.39. The van der Waals surface area contributed by atoms with Crippen molar-refractivity contribution in [2.45, 2.75) is 19.4 Å². The smallest absolute Gasteiger partial charge is 0.228 e. The molecule has 0 bridgehead atoms. The van der Waals surface area contributed by atoms with E-state index in [0.717, 1.165) is 43.2 Å². The number of piperidine rings is 1. The van der Waals surface area contributed by atoms with E-state index >= 15 is 0 Å². The Hall–Kier alpha value is -2.04. The van der Waals surface area contributed by atoms with Gasteiger partial charge in [-0.15, -0.1) is 0 Å². The molecule has 1 N–H and O–H groups in total. The van der Waals surface area contributed by atoms with Crippen molar-refractivity contribution in [3.63, 3.8) is 0 Å². The summed E-state index contributed by atoms with van der Waals surface area (Å²) >= 11 is 5.94. The molecule has 1 fully saturated rings. The third kappa shape index (κ3) is 4.74. The molecule has 5 heteroatoms. The second-order valence-corrected chi connectivity index (χ2v) is 6.83. The Morgan fingerprint density at radius 2 is 2.00 bits per heavy atom. The fraction of sp³-hybridized carbons (Fsp3) is 0.350. The van der Waals surface area contributed by atoms with Gasteiger partial charge in [-0.05, 0) is 49.2 Å². The predicted molar refractivity (Wildman–Crippen MR) is 101 cm³/mol. The molecule has 0 saturated carbocycles. The quantitative estimate of drug-likeness (QED) is 0.870. The highest BCUT2D eigenvalue weighted by molar-refractivity contribution is 6.30. The number of benzene rings is 2. The lowest BCUT2D eigenvalue weighted by molar-refractivity contribution is -0.121. The monoisotopic (exact) mass is 358 g/mol. The minimum absolute atomic E-state index is 0.00837. The second kappa shape index (κ2) is 8.37. The highest BCUT2D eigenvalue weighted by Crippen LogP contribution is 2.26. The van der Waals surface area contributed by atoms with Crippen LogP contribution in [0.3, 0.4) is 0 Å². The molecule has 0 unspecified atom stereocenters. The van der Waals surface area contributed by atoms with Crippen molar-refractivity contribution in [2.24, 2.45) is 5.92 Å². The molecule has 1 amide bonds. The van der Waals surface area contributed by atoms with Gasteiger partial charge in [-0.25, -0.2) is 0 Å². The largest absolute Gasteiger partial charge is 0.495 e. The minimum Gasteiger partial charge on any atom is -0.495 e. The Morgan fingerprint density at radius 1 is 1.24 bits per heavy atom. The van der Waals surface area contributed by atoms with Gasteiger partial charge in [0.25, 0.3) is 0 Å². The van der Waals surface area contributed by atoms with Gasteiger partial charge in [0.05, 0.1) is 18.7 Å². The first-order chi connectivity index (χ1) is 12.2. The standard InChI is InChI=1S/C20H23ClN2O2/c1-25-19-7-3-2-6-18(19)22-20(24)16-5-4-12-23(14-16)13-15-8-10-17(21)11-9-15/h2-3,6-11,16H,4-5,12-14H2,1H3,(H,22,24)/t16-/m1/s1. The molecule has 0 radical (unpaired) electrons. The van der Waals surface area contributed by atoms with Crippen LogP contribution < -0.4 is 10.1 Å². The third-order valence-electron chi connectivity index (χ3n) is 4.56. The molecule has 0 aromatic heterocycles. The van der Waals surface area contributed by atoms with Crippen molar-refractivity contribution in [3.05, 3.63) is 59.1 Å². The topological polar surface area (TPSA) is 41.6 Å². The number of ether oxygens (including phenoxy) is 1. The fourth-order valence-corrected chi connectivity index (χ4v) is 3.37. The molecule has 1 atom stereocenters. The van der Waals surface area contributed by atoms with E-state index in [0.29, 0.717) is 5.75 Å². The van der Waals surface area contributed by atoms with E-state index in [1.165, 1.54) is 5.56 Å². The summed E-state index contributed by atoms with van der Waals surface area (Å²) < 4.78 is 5.31. The summed E-state index contributed by atoms with van der Waals surface area (Å²) in [6.45, 7) is 2.63. The van der Waals surface area contributed by atoms with Crippen LogP contribution in [0.1, 0.15) is 18.4 Å². The van der Waals surface area contributed by atoms with E-state index in [2.05, 4.69) is 10.2 Å². The molecule has 1 aliphatic rings. The van der Waals surface area contributed by atoms with Crippen LogP contribution in [0.25, 0.3) is 0 Å². The van der Waals surface area contributed by atoms with Gasteiger partial charge < -0.3 is 10.1 Å². The van der Waals surface area contributed by atoms with Crippen molar-refractivity contribution in [1.82, 2.24) is 4.90 Å². The normalized spacial score (nSPS) is 17.9. The van der Waals surface area contributed by atoms with E-state index in [9.17, 15) is 4.79 Å². The van der Waals surface area contributed by atoms with Crippen LogP contribution in [0, 0.1) is 5.92 Å². The molecule has 0 spiro atoms. The first kappa shape index (κ1) is 17.8. The summed E-state index contributed by atoms with van der Waals surface area (Å²) in [4.78, 5) is 15.0. The van der Waals surface area contributed by atoms with Gasteiger partial charge in [0.15, 0.2) is 0 Å². The lowest BCUT2D eigenvalue weighted by Gasteiger charge is -2.32. The van der Waals surface area contributed by atoms with Crippen LogP contribution in [0.2, 0.25) is 5.02 Å². The first-order valence-electron chi connectivity index (χ1n) is 8.56.